The first kappa shape index (κ1) is 26.4. The van der Waals surface area contributed by atoms with Crippen molar-refractivity contribution in [1.82, 2.24) is 14.5 Å². The minimum absolute atomic E-state index is 0.0109. The van der Waals surface area contributed by atoms with Crippen molar-refractivity contribution >= 4 is 47.9 Å². The van der Waals surface area contributed by atoms with Crippen molar-refractivity contribution in [3.63, 3.8) is 0 Å². The first-order valence-electron chi connectivity index (χ1n) is 13.0. The molecule has 6 rings (SSSR count). The molecule has 0 aliphatic carbocycles. The van der Waals surface area contributed by atoms with Crippen LogP contribution in [-0.4, -0.2) is 44.1 Å². The number of aromatic nitrogens is 3. The number of ether oxygens (including phenoxy) is 1. The third-order valence-corrected chi connectivity index (χ3v) is 10.3. The number of sulfone groups is 1. The number of sulfonamides is 1. The number of para-hydroxylation sites is 2. The van der Waals surface area contributed by atoms with Crippen LogP contribution in [0.3, 0.4) is 0 Å². The van der Waals surface area contributed by atoms with Crippen molar-refractivity contribution in [2.75, 3.05) is 11.3 Å². The minimum Gasteiger partial charge on any atom is -0.376 e. The van der Waals surface area contributed by atoms with Crippen LogP contribution in [0.2, 0.25) is 0 Å². The summed E-state index contributed by atoms with van der Waals surface area (Å²) in [6, 6.07) is 19.9. The first-order valence-corrected chi connectivity index (χ1v) is 15.9. The Morgan fingerprint density at radius 3 is 2.05 bits per heavy atom. The molecule has 0 amide bonds. The zero-order chi connectivity index (χ0) is 28.1. The van der Waals surface area contributed by atoms with Gasteiger partial charge in [0.05, 0.1) is 33.5 Å². The smallest absolute Gasteiger partial charge is 0.263 e. The van der Waals surface area contributed by atoms with E-state index in [1.807, 2.05) is 19.9 Å². The number of hydrogen-bond acceptors (Lipinski definition) is 7. The third kappa shape index (κ3) is 4.74. The van der Waals surface area contributed by atoms with Gasteiger partial charge in [-0.25, -0.2) is 26.8 Å². The number of anilines is 1. The van der Waals surface area contributed by atoms with Crippen molar-refractivity contribution in [3.05, 3.63) is 83.9 Å². The second kappa shape index (κ2) is 9.99. The standard InChI is InChI=1S/C29H28N4O5S2/c1-19-9-13-22(14-10-19)39(34,35)27-26-28(31-25-8-4-3-7-24(25)30-26)33(18-21-6-5-17-38-21)29(27)32-40(36,37)23-15-11-20(2)12-16-23/h3-4,7-16,21,32H,5-6,17-18H2,1-2H3/t21-/m1/s1. The Labute approximate surface area is 232 Å². The highest BCUT2D eigenvalue weighted by Crippen LogP contribution is 2.39. The molecule has 1 fully saturated rings. The van der Waals surface area contributed by atoms with Gasteiger partial charge in [-0.05, 0) is 63.1 Å². The first-order chi connectivity index (χ1) is 19.1. The topological polar surface area (TPSA) is 120 Å². The van der Waals surface area contributed by atoms with E-state index < -0.39 is 19.9 Å². The largest absolute Gasteiger partial charge is 0.376 e. The molecule has 0 unspecified atom stereocenters. The molecule has 206 valence electrons. The summed E-state index contributed by atoms with van der Waals surface area (Å²) in [5, 5.41) is 0. The summed E-state index contributed by atoms with van der Waals surface area (Å²) in [6.45, 7) is 4.51. The summed E-state index contributed by atoms with van der Waals surface area (Å²) in [4.78, 5) is 9.30. The lowest BCUT2D eigenvalue weighted by molar-refractivity contribution is 0.0983. The fourth-order valence-corrected chi connectivity index (χ4v) is 7.62. The van der Waals surface area contributed by atoms with Gasteiger partial charge in [-0.3, -0.25) is 4.72 Å². The molecule has 0 radical (unpaired) electrons. The number of rotatable bonds is 7. The van der Waals surface area contributed by atoms with Crippen LogP contribution in [0.1, 0.15) is 24.0 Å². The molecule has 9 nitrogen and oxygen atoms in total. The van der Waals surface area contributed by atoms with Crippen LogP contribution in [0.15, 0.2) is 87.5 Å². The maximum Gasteiger partial charge on any atom is 0.263 e. The van der Waals surface area contributed by atoms with Crippen molar-refractivity contribution in [2.24, 2.45) is 0 Å². The molecule has 2 aromatic heterocycles. The molecule has 1 aliphatic rings. The molecule has 5 aromatic rings. The lowest BCUT2D eigenvalue weighted by atomic mass is 10.2. The van der Waals surface area contributed by atoms with Crippen LogP contribution in [0.5, 0.6) is 0 Å². The SMILES string of the molecule is Cc1ccc(S(=O)(=O)Nc2c(S(=O)(=O)c3ccc(C)cc3)c3nc4ccccc4nc3n2C[C@H]2CCCO2)cc1. The second-order valence-electron chi connectivity index (χ2n) is 10.0. The van der Waals surface area contributed by atoms with E-state index >= 15 is 0 Å². The molecule has 0 bridgehead atoms. The number of aryl methyl sites for hydroxylation is 2. The van der Waals surface area contributed by atoms with Gasteiger partial charge in [-0.1, -0.05) is 47.5 Å². The molecule has 3 aromatic carbocycles. The third-order valence-electron chi connectivity index (χ3n) is 7.08. The molecular weight excluding hydrogens is 548 g/mol. The van der Waals surface area contributed by atoms with E-state index in [-0.39, 0.29) is 44.3 Å². The molecule has 0 saturated carbocycles. The molecular formula is C29H28N4O5S2. The summed E-state index contributed by atoms with van der Waals surface area (Å²) in [5.41, 5.74) is 3.21. The Kier molecular flexibility index (Phi) is 6.60. The highest BCUT2D eigenvalue weighted by molar-refractivity contribution is 7.93. The van der Waals surface area contributed by atoms with Crippen LogP contribution in [0.25, 0.3) is 22.2 Å². The van der Waals surface area contributed by atoms with Gasteiger partial charge in [-0.2, -0.15) is 0 Å². The van der Waals surface area contributed by atoms with Crippen molar-refractivity contribution in [1.29, 1.82) is 0 Å². The molecule has 1 N–H and O–H groups in total. The number of hydrogen-bond donors (Lipinski definition) is 1. The van der Waals surface area contributed by atoms with Crippen molar-refractivity contribution < 1.29 is 21.6 Å². The van der Waals surface area contributed by atoms with Gasteiger partial charge >= 0.3 is 0 Å². The fraction of sp³-hybridized carbons (Fsp3) is 0.241. The quantitative estimate of drug-likeness (QED) is 0.289. The molecule has 1 atom stereocenters. The van der Waals surface area contributed by atoms with Gasteiger partial charge in [-0.15, -0.1) is 0 Å². The van der Waals surface area contributed by atoms with E-state index in [1.165, 1.54) is 24.3 Å². The molecule has 40 heavy (non-hydrogen) atoms. The lowest BCUT2D eigenvalue weighted by Crippen LogP contribution is -2.21. The van der Waals surface area contributed by atoms with Gasteiger partial charge in [0.2, 0.25) is 9.84 Å². The Morgan fingerprint density at radius 2 is 1.45 bits per heavy atom. The van der Waals surface area contributed by atoms with Crippen LogP contribution in [-0.2, 0) is 31.1 Å². The summed E-state index contributed by atoms with van der Waals surface area (Å²) >= 11 is 0. The van der Waals surface area contributed by atoms with Gasteiger partial charge in [0.25, 0.3) is 10.0 Å². The van der Waals surface area contributed by atoms with Crippen LogP contribution in [0.4, 0.5) is 5.82 Å². The molecule has 1 saturated heterocycles. The molecule has 0 spiro atoms. The van der Waals surface area contributed by atoms with Gasteiger partial charge in [0, 0.05) is 6.61 Å². The number of nitrogens with zero attached hydrogens (tertiary/aromatic N) is 3. The van der Waals surface area contributed by atoms with Crippen molar-refractivity contribution in [2.45, 2.75) is 54.0 Å². The minimum atomic E-state index is -4.25. The number of nitrogens with one attached hydrogen (secondary N) is 1. The average molecular weight is 577 g/mol. The Bertz CT molecular complexity index is 1940. The molecule has 3 heterocycles. The zero-order valence-corrected chi connectivity index (χ0v) is 23.7. The van der Waals surface area contributed by atoms with E-state index in [9.17, 15) is 16.8 Å². The van der Waals surface area contributed by atoms with Crippen LogP contribution in [0, 0.1) is 13.8 Å². The van der Waals surface area contributed by atoms with Crippen molar-refractivity contribution in [3.8, 4) is 0 Å². The number of benzene rings is 3. The lowest BCUT2D eigenvalue weighted by Gasteiger charge is -2.17. The van der Waals surface area contributed by atoms with Gasteiger partial charge < -0.3 is 9.30 Å². The van der Waals surface area contributed by atoms with Crippen LogP contribution < -0.4 is 4.72 Å². The Hall–Kier alpha value is -3.80. The van der Waals surface area contributed by atoms with E-state index in [4.69, 9.17) is 14.7 Å². The van der Waals surface area contributed by atoms with E-state index in [0.717, 1.165) is 24.0 Å². The summed E-state index contributed by atoms with van der Waals surface area (Å²) in [5.74, 6) is -0.109. The molecule has 11 heteroatoms. The van der Waals surface area contributed by atoms with Gasteiger partial charge in [0.15, 0.2) is 5.65 Å². The van der Waals surface area contributed by atoms with Gasteiger partial charge in [0.1, 0.15) is 16.2 Å². The zero-order valence-electron chi connectivity index (χ0n) is 22.0. The highest BCUT2D eigenvalue weighted by Gasteiger charge is 2.35. The predicted octanol–water partition coefficient (Wildman–Crippen LogP) is 5.01. The van der Waals surface area contributed by atoms with E-state index in [1.54, 1.807) is 47.0 Å². The van der Waals surface area contributed by atoms with Crippen LogP contribution >= 0.6 is 0 Å². The number of fused-ring (bicyclic) bond motifs is 2. The molecule has 1 aliphatic heterocycles. The van der Waals surface area contributed by atoms with E-state index in [0.29, 0.717) is 17.6 Å². The summed E-state index contributed by atoms with van der Waals surface area (Å²) in [7, 11) is -8.43. The maximum atomic E-state index is 14.3. The second-order valence-corrected chi connectivity index (χ2v) is 13.6. The Balaban J connectivity index is 1.66. The highest BCUT2D eigenvalue weighted by atomic mass is 32.2. The van der Waals surface area contributed by atoms with E-state index in [2.05, 4.69) is 4.72 Å². The average Bonchev–Trinajstić information content (AvgIpc) is 3.54. The predicted molar refractivity (Wildman–Crippen MR) is 153 cm³/mol. The normalized spacial score (nSPS) is 16.1. The monoisotopic (exact) mass is 576 g/mol. The summed E-state index contributed by atoms with van der Waals surface area (Å²) in [6.07, 6.45) is 1.38. The summed E-state index contributed by atoms with van der Waals surface area (Å²) < 4.78 is 66.0. The maximum absolute atomic E-state index is 14.3. The Morgan fingerprint density at radius 1 is 0.850 bits per heavy atom. The fourth-order valence-electron chi connectivity index (χ4n) is 4.94.